The minimum absolute atomic E-state index is 0.0551. The highest BCUT2D eigenvalue weighted by atomic mass is 35.5. The van der Waals surface area contributed by atoms with Gasteiger partial charge < -0.3 is 24.2 Å². The van der Waals surface area contributed by atoms with Crippen LogP contribution in [0.3, 0.4) is 0 Å². The number of hydrogen-bond acceptors (Lipinski definition) is 6. The van der Waals surface area contributed by atoms with Crippen molar-refractivity contribution in [1.82, 2.24) is 19.4 Å². The van der Waals surface area contributed by atoms with E-state index < -0.39 is 11.8 Å². The molecule has 0 radical (unpaired) electrons. The summed E-state index contributed by atoms with van der Waals surface area (Å²) in [6, 6.07) is 9.87. The third-order valence-electron chi connectivity index (χ3n) is 7.85. The molecule has 4 heterocycles. The summed E-state index contributed by atoms with van der Waals surface area (Å²) in [6.45, 7) is 11.2. The molecule has 9 nitrogen and oxygen atoms in total. The minimum Gasteiger partial charge on any atom is -0.478 e. The van der Waals surface area contributed by atoms with Crippen molar-refractivity contribution in [3.63, 3.8) is 0 Å². The molecular formula is C32H35ClFN5O4. The largest absolute Gasteiger partial charge is 0.478 e. The van der Waals surface area contributed by atoms with Crippen molar-refractivity contribution in [2.45, 2.75) is 46.2 Å². The SMILES string of the molecule is COCC1CN(C(=O)c2ccc3c(-c4ccc(Cl)c(F)c4)cn(C(C)(C)C)c3n2)CCN1c1cc(C)c(C(=O)O)c(C)n1. The normalized spacial score (nSPS) is 15.8. The summed E-state index contributed by atoms with van der Waals surface area (Å²) in [5, 5.41) is 10.4. The zero-order chi connectivity index (χ0) is 31.2. The molecule has 1 N–H and O–H groups in total. The van der Waals surface area contributed by atoms with Crippen molar-refractivity contribution in [2.24, 2.45) is 0 Å². The maximum Gasteiger partial charge on any atom is 0.337 e. The third-order valence-corrected chi connectivity index (χ3v) is 8.15. The van der Waals surface area contributed by atoms with E-state index in [-0.39, 0.29) is 28.1 Å². The first-order valence-corrected chi connectivity index (χ1v) is 14.4. The van der Waals surface area contributed by atoms with Gasteiger partial charge in [-0.1, -0.05) is 17.7 Å². The number of carbonyl (C=O) groups excluding carboxylic acids is 1. The number of ether oxygens (including phenoxy) is 1. The molecule has 43 heavy (non-hydrogen) atoms. The Labute approximate surface area is 254 Å². The average Bonchev–Trinajstić information content (AvgIpc) is 3.33. The maximum atomic E-state index is 14.3. The molecule has 1 atom stereocenters. The molecule has 1 unspecified atom stereocenters. The number of halogens is 2. The molecule has 226 valence electrons. The summed E-state index contributed by atoms with van der Waals surface area (Å²) in [4.78, 5) is 38.7. The Morgan fingerprint density at radius 3 is 2.49 bits per heavy atom. The molecule has 4 aromatic rings. The molecular weight excluding hydrogens is 573 g/mol. The molecule has 1 aliphatic heterocycles. The first-order valence-electron chi connectivity index (χ1n) is 14.0. The van der Waals surface area contributed by atoms with Crippen LogP contribution in [0.2, 0.25) is 5.02 Å². The van der Waals surface area contributed by atoms with Gasteiger partial charge in [0.25, 0.3) is 5.91 Å². The maximum absolute atomic E-state index is 14.3. The Balaban J connectivity index is 1.46. The predicted octanol–water partition coefficient (Wildman–Crippen LogP) is 5.94. The lowest BCUT2D eigenvalue weighted by Gasteiger charge is -2.42. The molecule has 1 aromatic carbocycles. The Kier molecular flexibility index (Phi) is 8.20. The zero-order valence-corrected chi connectivity index (χ0v) is 25.9. The van der Waals surface area contributed by atoms with E-state index in [1.165, 1.54) is 12.1 Å². The number of anilines is 1. The minimum atomic E-state index is -1.01. The second-order valence-corrected chi connectivity index (χ2v) is 12.3. The fourth-order valence-electron chi connectivity index (χ4n) is 5.75. The number of fused-ring (bicyclic) bond motifs is 1. The molecule has 1 saturated heterocycles. The molecule has 0 bridgehead atoms. The van der Waals surface area contributed by atoms with Crippen LogP contribution in [0, 0.1) is 19.7 Å². The monoisotopic (exact) mass is 607 g/mol. The highest BCUT2D eigenvalue weighted by Gasteiger charge is 2.33. The highest BCUT2D eigenvalue weighted by Crippen LogP contribution is 2.35. The molecule has 1 aliphatic rings. The number of piperazine rings is 1. The Morgan fingerprint density at radius 1 is 1.12 bits per heavy atom. The number of hydrogen-bond donors (Lipinski definition) is 1. The van der Waals surface area contributed by atoms with Gasteiger partial charge >= 0.3 is 5.97 Å². The van der Waals surface area contributed by atoms with Gasteiger partial charge in [-0.05, 0) is 76.1 Å². The van der Waals surface area contributed by atoms with Crippen LogP contribution in [0.15, 0.2) is 42.6 Å². The number of aryl methyl sites for hydroxylation is 2. The summed E-state index contributed by atoms with van der Waals surface area (Å²) in [6.07, 6.45) is 1.94. The second kappa shape index (κ2) is 11.6. The van der Waals surface area contributed by atoms with E-state index in [1.54, 1.807) is 44.1 Å². The van der Waals surface area contributed by atoms with E-state index in [9.17, 15) is 19.1 Å². The van der Waals surface area contributed by atoms with E-state index in [2.05, 4.69) is 9.88 Å². The number of aromatic nitrogens is 3. The van der Waals surface area contributed by atoms with Gasteiger partial charge in [0, 0.05) is 49.4 Å². The lowest BCUT2D eigenvalue weighted by molar-refractivity contribution is 0.0667. The number of nitrogens with zero attached hydrogens (tertiary/aromatic N) is 5. The topological polar surface area (TPSA) is 101 Å². The Bertz CT molecular complexity index is 1710. The van der Waals surface area contributed by atoms with Crippen molar-refractivity contribution in [1.29, 1.82) is 0 Å². The highest BCUT2D eigenvalue weighted by molar-refractivity contribution is 6.30. The van der Waals surface area contributed by atoms with E-state index in [1.807, 2.05) is 37.6 Å². The third kappa shape index (κ3) is 5.81. The lowest BCUT2D eigenvalue weighted by Crippen LogP contribution is -2.57. The molecule has 1 amide bonds. The van der Waals surface area contributed by atoms with Gasteiger partial charge in [-0.2, -0.15) is 0 Å². The molecule has 5 rings (SSSR count). The quantitative estimate of drug-likeness (QED) is 0.290. The van der Waals surface area contributed by atoms with E-state index >= 15 is 0 Å². The van der Waals surface area contributed by atoms with Crippen molar-refractivity contribution < 1.29 is 23.8 Å². The first kappa shape index (κ1) is 30.4. The Morgan fingerprint density at radius 2 is 1.86 bits per heavy atom. The van der Waals surface area contributed by atoms with E-state index in [4.69, 9.17) is 21.3 Å². The van der Waals surface area contributed by atoms with Crippen LogP contribution >= 0.6 is 11.6 Å². The number of benzene rings is 1. The van der Waals surface area contributed by atoms with Gasteiger partial charge in [-0.25, -0.2) is 19.2 Å². The molecule has 3 aromatic heterocycles. The molecule has 0 spiro atoms. The molecule has 11 heteroatoms. The number of rotatable bonds is 6. The zero-order valence-electron chi connectivity index (χ0n) is 25.1. The van der Waals surface area contributed by atoms with Gasteiger partial charge in [0.05, 0.1) is 28.9 Å². The van der Waals surface area contributed by atoms with Crippen LogP contribution in [0.5, 0.6) is 0 Å². The van der Waals surface area contributed by atoms with Gasteiger partial charge in [-0.15, -0.1) is 0 Å². The molecule has 0 aliphatic carbocycles. The fourth-order valence-corrected chi connectivity index (χ4v) is 5.86. The van der Waals surface area contributed by atoms with E-state index in [0.29, 0.717) is 60.2 Å². The van der Waals surface area contributed by atoms with Gasteiger partial charge in [0.1, 0.15) is 23.0 Å². The first-order chi connectivity index (χ1) is 20.3. The van der Waals surface area contributed by atoms with E-state index in [0.717, 1.165) is 10.9 Å². The predicted molar refractivity (Wildman–Crippen MR) is 165 cm³/mol. The van der Waals surface area contributed by atoms with Gasteiger partial charge in [-0.3, -0.25) is 4.79 Å². The summed E-state index contributed by atoms with van der Waals surface area (Å²) in [5.74, 6) is -1.06. The fraction of sp³-hybridized carbons (Fsp3) is 0.375. The smallest absolute Gasteiger partial charge is 0.337 e. The van der Waals surface area contributed by atoms with Gasteiger partial charge in [0.2, 0.25) is 0 Å². The van der Waals surface area contributed by atoms with Crippen molar-refractivity contribution in [2.75, 3.05) is 38.3 Å². The number of carboxylic acids is 1. The summed E-state index contributed by atoms with van der Waals surface area (Å²) < 4.78 is 21.9. The summed E-state index contributed by atoms with van der Waals surface area (Å²) >= 11 is 5.93. The van der Waals surface area contributed by atoms with Crippen LogP contribution in [0.1, 0.15) is 52.9 Å². The number of carbonyl (C=O) groups is 2. The number of aromatic carboxylic acids is 1. The van der Waals surface area contributed by atoms with Crippen LogP contribution < -0.4 is 4.90 Å². The molecule has 0 saturated carbocycles. The molecule has 1 fully saturated rings. The Hall–Kier alpha value is -4.02. The van der Waals surface area contributed by atoms with Crippen LogP contribution in [0.4, 0.5) is 10.2 Å². The van der Waals surface area contributed by atoms with Gasteiger partial charge in [0.15, 0.2) is 0 Å². The number of amides is 1. The summed E-state index contributed by atoms with van der Waals surface area (Å²) in [7, 11) is 1.61. The summed E-state index contributed by atoms with van der Waals surface area (Å²) in [5.41, 5.74) is 3.32. The average molecular weight is 608 g/mol. The van der Waals surface area contributed by atoms with Crippen LogP contribution in [0.25, 0.3) is 22.2 Å². The van der Waals surface area contributed by atoms with Crippen LogP contribution in [-0.2, 0) is 10.3 Å². The number of pyridine rings is 2. The number of methoxy groups -OCH3 is 1. The second-order valence-electron chi connectivity index (χ2n) is 11.9. The number of carboxylic acid groups (broad SMARTS) is 1. The van der Waals surface area contributed by atoms with Crippen molar-refractivity contribution in [3.05, 3.63) is 75.9 Å². The standard InChI is InChI=1S/C32H35ClFN5O4/c1-18-13-27(35-19(2)28(18)31(41)42)38-12-11-37(15-21(38)17-43-6)30(40)26-10-8-22-23(20-7-9-24(33)25(34)14-20)16-39(29(22)36-26)32(3,4)5/h7-10,13-14,16,21H,11-12,15,17H2,1-6H3,(H,41,42). The van der Waals surface area contributed by atoms with Crippen molar-refractivity contribution >= 4 is 40.3 Å². The van der Waals surface area contributed by atoms with Crippen LogP contribution in [-0.4, -0.2) is 75.8 Å². The van der Waals surface area contributed by atoms with Crippen molar-refractivity contribution in [3.8, 4) is 11.1 Å². The lowest BCUT2D eigenvalue weighted by atomic mass is 10.1.